The molecule has 0 aliphatic carbocycles. The zero-order chi connectivity index (χ0) is 14.4. The summed E-state index contributed by atoms with van der Waals surface area (Å²) in [5.74, 6) is 5.45. The van der Waals surface area contributed by atoms with E-state index < -0.39 is 0 Å². The van der Waals surface area contributed by atoms with Crippen molar-refractivity contribution >= 4 is 17.2 Å². The van der Waals surface area contributed by atoms with Gasteiger partial charge in [-0.1, -0.05) is 11.8 Å². The summed E-state index contributed by atoms with van der Waals surface area (Å²) >= 11 is 1.37. The largest absolute Gasteiger partial charge is 0.384 e. The van der Waals surface area contributed by atoms with Gasteiger partial charge in [0.05, 0.1) is 15.9 Å². The summed E-state index contributed by atoms with van der Waals surface area (Å²) in [6.45, 7) is 3.95. The molecule has 20 heavy (non-hydrogen) atoms. The van der Waals surface area contributed by atoms with E-state index in [0.717, 1.165) is 24.3 Å². The molecule has 1 aliphatic heterocycles. The van der Waals surface area contributed by atoms with Gasteiger partial charge < -0.3 is 14.7 Å². The van der Waals surface area contributed by atoms with Gasteiger partial charge in [-0.2, -0.15) is 0 Å². The molecule has 0 bridgehead atoms. The van der Waals surface area contributed by atoms with Crippen molar-refractivity contribution in [1.29, 1.82) is 0 Å². The van der Waals surface area contributed by atoms with Crippen LogP contribution < -0.4 is 0 Å². The van der Waals surface area contributed by atoms with Crippen molar-refractivity contribution in [3.63, 3.8) is 0 Å². The van der Waals surface area contributed by atoms with E-state index in [1.165, 1.54) is 11.3 Å². The maximum Gasteiger partial charge on any atom is 0.264 e. The molecule has 1 fully saturated rings. The zero-order valence-corrected chi connectivity index (χ0v) is 12.4. The summed E-state index contributed by atoms with van der Waals surface area (Å²) in [7, 11) is 0. The first-order valence-corrected chi connectivity index (χ1v) is 7.66. The minimum absolute atomic E-state index is 0.0325. The molecule has 1 N–H and O–H groups in total. The smallest absolute Gasteiger partial charge is 0.264 e. The van der Waals surface area contributed by atoms with Crippen molar-refractivity contribution in [1.82, 2.24) is 4.90 Å². The lowest BCUT2D eigenvalue weighted by atomic mass is 10.2. The molecule has 1 aromatic heterocycles. The van der Waals surface area contributed by atoms with E-state index in [4.69, 9.17) is 9.84 Å². The number of rotatable bonds is 4. The Labute approximate surface area is 123 Å². The molecule has 1 aliphatic rings. The van der Waals surface area contributed by atoms with Gasteiger partial charge in [0.1, 0.15) is 6.61 Å². The highest BCUT2D eigenvalue weighted by Crippen LogP contribution is 2.19. The van der Waals surface area contributed by atoms with Crippen molar-refractivity contribution < 1.29 is 14.6 Å². The van der Waals surface area contributed by atoms with E-state index >= 15 is 0 Å². The molecule has 108 valence electrons. The SMILES string of the molecule is CCN(CC1CCCO1)C(=O)c1ccc(C#CCO)s1. The Kier molecular flexibility index (Phi) is 5.60. The van der Waals surface area contributed by atoms with E-state index in [-0.39, 0.29) is 18.6 Å². The first-order valence-electron chi connectivity index (χ1n) is 6.85. The van der Waals surface area contributed by atoms with Crippen LogP contribution in [0.15, 0.2) is 12.1 Å². The van der Waals surface area contributed by atoms with Gasteiger partial charge in [0, 0.05) is 19.7 Å². The number of nitrogens with zero attached hydrogens (tertiary/aromatic N) is 1. The predicted octanol–water partition coefficient (Wildman–Crippen LogP) is 1.73. The fraction of sp³-hybridized carbons (Fsp3) is 0.533. The number of hydrogen-bond acceptors (Lipinski definition) is 4. The molecule has 1 atom stereocenters. The highest BCUT2D eigenvalue weighted by Gasteiger charge is 2.23. The quantitative estimate of drug-likeness (QED) is 0.860. The lowest BCUT2D eigenvalue weighted by Gasteiger charge is -2.23. The van der Waals surface area contributed by atoms with Gasteiger partial charge in [-0.25, -0.2) is 0 Å². The molecule has 2 heterocycles. The Morgan fingerprint density at radius 2 is 2.45 bits per heavy atom. The van der Waals surface area contributed by atoms with Crippen molar-refractivity contribution in [2.45, 2.75) is 25.9 Å². The summed E-state index contributed by atoms with van der Waals surface area (Å²) in [6, 6.07) is 3.62. The van der Waals surface area contributed by atoms with Crippen LogP contribution in [0.4, 0.5) is 0 Å². The molecule has 2 rings (SSSR count). The van der Waals surface area contributed by atoms with Crippen molar-refractivity contribution in [2.24, 2.45) is 0 Å². The number of carbonyl (C=O) groups excluding carboxylic acids is 1. The van der Waals surface area contributed by atoms with Gasteiger partial charge in [0.15, 0.2) is 0 Å². The molecule has 0 radical (unpaired) electrons. The van der Waals surface area contributed by atoms with E-state index in [9.17, 15) is 4.79 Å². The number of likely N-dealkylation sites (N-methyl/N-ethyl adjacent to an activating group) is 1. The molecule has 1 saturated heterocycles. The van der Waals surface area contributed by atoms with Gasteiger partial charge in [-0.15, -0.1) is 11.3 Å². The maximum absolute atomic E-state index is 12.4. The lowest BCUT2D eigenvalue weighted by molar-refractivity contribution is 0.0543. The number of aliphatic hydroxyl groups is 1. The number of hydrogen-bond donors (Lipinski definition) is 1. The molecular weight excluding hydrogens is 274 g/mol. The summed E-state index contributed by atoms with van der Waals surface area (Å²) < 4.78 is 5.59. The van der Waals surface area contributed by atoms with E-state index in [1.54, 1.807) is 6.07 Å². The highest BCUT2D eigenvalue weighted by molar-refractivity contribution is 7.14. The monoisotopic (exact) mass is 293 g/mol. The van der Waals surface area contributed by atoms with Crippen LogP contribution in [0.25, 0.3) is 0 Å². The molecule has 1 aromatic rings. The van der Waals surface area contributed by atoms with Crippen LogP contribution in [0, 0.1) is 11.8 Å². The minimum Gasteiger partial charge on any atom is -0.384 e. The molecule has 0 aromatic carbocycles. The molecule has 0 spiro atoms. The van der Waals surface area contributed by atoms with Crippen molar-refractivity contribution in [3.8, 4) is 11.8 Å². The highest BCUT2D eigenvalue weighted by atomic mass is 32.1. The normalized spacial score (nSPS) is 17.6. The maximum atomic E-state index is 12.4. The molecular formula is C15H19NO3S. The van der Waals surface area contributed by atoms with Gasteiger partial charge in [0.2, 0.25) is 0 Å². The Bertz CT molecular complexity index is 509. The van der Waals surface area contributed by atoms with E-state index in [1.807, 2.05) is 17.9 Å². The van der Waals surface area contributed by atoms with Crippen LogP contribution in [0.3, 0.4) is 0 Å². The fourth-order valence-electron chi connectivity index (χ4n) is 2.19. The molecule has 1 unspecified atom stereocenters. The van der Waals surface area contributed by atoms with Crippen LogP contribution >= 0.6 is 11.3 Å². The van der Waals surface area contributed by atoms with Gasteiger partial charge >= 0.3 is 0 Å². The Morgan fingerprint density at radius 1 is 1.60 bits per heavy atom. The third-order valence-electron chi connectivity index (χ3n) is 3.22. The summed E-state index contributed by atoms with van der Waals surface area (Å²) in [4.78, 5) is 15.7. The average Bonchev–Trinajstić information content (AvgIpc) is 3.13. The standard InChI is InChI=1S/C15H19NO3S/c1-2-16(11-12-5-4-10-19-12)15(18)14-8-7-13(20-14)6-3-9-17/h7-8,12,17H,2,4-5,9-11H2,1H3. The van der Waals surface area contributed by atoms with Crippen LogP contribution in [0.5, 0.6) is 0 Å². The van der Waals surface area contributed by atoms with Crippen LogP contribution in [-0.2, 0) is 4.74 Å². The molecule has 4 nitrogen and oxygen atoms in total. The second-order valence-corrected chi connectivity index (χ2v) is 5.69. The number of aliphatic hydroxyl groups excluding tert-OH is 1. The predicted molar refractivity (Wildman–Crippen MR) is 78.8 cm³/mol. The second kappa shape index (κ2) is 7.44. The zero-order valence-electron chi connectivity index (χ0n) is 11.6. The van der Waals surface area contributed by atoms with Crippen molar-refractivity contribution in [3.05, 3.63) is 21.9 Å². The fourth-order valence-corrected chi connectivity index (χ4v) is 3.04. The topological polar surface area (TPSA) is 49.8 Å². The Morgan fingerprint density at radius 3 is 3.10 bits per heavy atom. The van der Waals surface area contributed by atoms with Crippen LogP contribution in [0.2, 0.25) is 0 Å². The number of amides is 1. The van der Waals surface area contributed by atoms with Crippen LogP contribution in [0.1, 0.15) is 34.3 Å². The number of ether oxygens (including phenoxy) is 1. The third-order valence-corrected chi connectivity index (χ3v) is 4.21. The number of carbonyl (C=O) groups is 1. The summed E-state index contributed by atoms with van der Waals surface area (Å²) in [5, 5.41) is 8.67. The number of thiophene rings is 1. The Hall–Kier alpha value is -1.35. The molecule has 1 amide bonds. The summed E-state index contributed by atoms with van der Waals surface area (Å²) in [5.41, 5.74) is 0. The van der Waals surface area contributed by atoms with Gasteiger partial charge in [0.25, 0.3) is 5.91 Å². The Balaban J connectivity index is 2.01. The van der Waals surface area contributed by atoms with E-state index in [0.29, 0.717) is 18.0 Å². The third kappa shape index (κ3) is 3.83. The second-order valence-electron chi connectivity index (χ2n) is 4.60. The molecule has 0 saturated carbocycles. The first-order chi connectivity index (χ1) is 9.74. The van der Waals surface area contributed by atoms with Crippen LogP contribution in [-0.4, -0.2) is 48.3 Å². The average molecular weight is 293 g/mol. The minimum atomic E-state index is -0.165. The van der Waals surface area contributed by atoms with Crippen molar-refractivity contribution in [2.75, 3.05) is 26.3 Å². The van der Waals surface area contributed by atoms with Gasteiger partial charge in [-0.3, -0.25) is 4.79 Å². The summed E-state index contributed by atoms with van der Waals surface area (Å²) in [6.07, 6.45) is 2.28. The lowest BCUT2D eigenvalue weighted by Crippen LogP contribution is -2.36. The first kappa shape index (κ1) is 15.0. The van der Waals surface area contributed by atoms with E-state index in [2.05, 4.69) is 11.8 Å². The molecule has 5 heteroatoms. The van der Waals surface area contributed by atoms with Gasteiger partial charge in [-0.05, 0) is 31.9 Å².